The Morgan fingerprint density at radius 2 is 1.98 bits per heavy atom. The van der Waals surface area contributed by atoms with Gasteiger partial charge in [0.15, 0.2) is 17.4 Å². The molecule has 2 unspecified atom stereocenters. The highest BCUT2D eigenvalue weighted by Gasteiger charge is 2.51. The number of hydrogen-bond acceptors (Lipinski definition) is 17. The second-order valence-corrected chi connectivity index (χ2v) is 18.8. The first-order chi connectivity index (χ1) is 26.7. The van der Waals surface area contributed by atoms with Gasteiger partial charge in [-0.2, -0.15) is 4.98 Å². The summed E-state index contributed by atoms with van der Waals surface area (Å²) in [6.45, 7) is -7.47. The van der Waals surface area contributed by atoms with Gasteiger partial charge in [-0.05, 0) is 36.8 Å². The van der Waals surface area contributed by atoms with Crippen LogP contribution in [-0.4, -0.2) is 101 Å². The van der Waals surface area contributed by atoms with E-state index in [1.807, 2.05) is 0 Å². The van der Waals surface area contributed by atoms with Crippen LogP contribution in [0, 0.1) is 5.92 Å². The number of nitrogens with two attached hydrogens (primary N) is 1. The monoisotopic (exact) mass is 853 g/mol. The van der Waals surface area contributed by atoms with E-state index in [1.54, 1.807) is 24.3 Å². The first-order valence-corrected chi connectivity index (χ1v) is 22.4. The van der Waals surface area contributed by atoms with E-state index in [2.05, 4.69) is 47.8 Å². The molecule has 0 spiro atoms. The average Bonchev–Trinajstić information content (AvgIpc) is 3.83. The van der Waals surface area contributed by atoms with Crippen molar-refractivity contribution in [3.05, 3.63) is 70.7 Å². The van der Waals surface area contributed by atoms with Crippen molar-refractivity contribution in [1.29, 1.82) is 0 Å². The van der Waals surface area contributed by atoms with E-state index in [0.717, 1.165) is 0 Å². The third kappa shape index (κ3) is 9.20. The summed E-state index contributed by atoms with van der Waals surface area (Å²) < 4.78 is 50.1. The molecule has 1 aromatic carbocycles. The highest BCUT2D eigenvalue weighted by molar-refractivity contribution is 8.44. The number of aromatic nitrogens is 6. The number of H-pyrrole nitrogens is 1. The van der Waals surface area contributed by atoms with Crippen LogP contribution in [0.3, 0.4) is 0 Å². The molecule has 4 aromatic rings. The molecule has 3 aromatic heterocycles. The molecular weight excluding hydrogens is 816 g/mol. The standard InChI is InChI=1S/C31H37N9O12P2S2/c1-15(32)27(42)34-10-16-4-2-3-5-19(16)28(43)38-31-37-26-23(29(44)39-31)36-14-40(26)30-25-24(41)21(50-30)12-48-53(45,55)51-20-9-18(49-22-6-7-33-13-35-22)8-17(20)11-47-54(46,56)52-25/h2-7,13-15,17-18,20-21,24-25,30,41H,8-12,32H2,1H3,(H,34,42)(H,45,55)(H,46,56)(H2,37,38,39,43,44)/t15-,17+,18+,20-,21+,24+,25+,30+,53?,54?/m0/s1. The Labute approximate surface area is 328 Å². The number of carbonyl (C=O) groups excluding carboxylic acids is 2. The van der Waals surface area contributed by atoms with E-state index in [9.17, 15) is 28.9 Å². The molecule has 2 aliphatic heterocycles. The topological polar surface area (TPSA) is 286 Å². The number of aliphatic hydroxyl groups excluding tert-OH is 1. The van der Waals surface area contributed by atoms with Gasteiger partial charge < -0.3 is 44.1 Å². The second-order valence-electron chi connectivity index (χ2n) is 13.2. The Kier molecular flexibility index (Phi) is 12.0. The molecule has 7 N–H and O–H groups in total. The molecule has 21 nitrogen and oxygen atoms in total. The molecule has 3 aliphatic rings. The van der Waals surface area contributed by atoms with E-state index in [1.165, 1.54) is 36.4 Å². The summed E-state index contributed by atoms with van der Waals surface area (Å²) in [5.74, 6) is -1.55. The van der Waals surface area contributed by atoms with Crippen LogP contribution >= 0.6 is 25.8 Å². The smallest absolute Gasteiger partial charge is 0.386 e. The Bertz CT molecular complexity index is 2250. The molecule has 10 atom stereocenters. The van der Waals surface area contributed by atoms with Crippen LogP contribution < -0.4 is 26.7 Å². The van der Waals surface area contributed by atoms with E-state index in [-0.39, 0.29) is 42.2 Å². The van der Waals surface area contributed by atoms with Crippen LogP contribution in [0.2, 0.25) is 0 Å². The lowest BCUT2D eigenvalue weighted by Gasteiger charge is -2.27. The summed E-state index contributed by atoms with van der Waals surface area (Å²) in [7, 11) is 0. The average molecular weight is 854 g/mol. The van der Waals surface area contributed by atoms with Crippen LogP contribution in [0.4, 0.5) is 5.95 Å². The zero-order valence-corrected chi connectivity index (χ0v) is 32.8. The van der Waals surface area contributed by atoms with Crippen molar-refractivity contribution in [3.63, 3.8) is 0 Å². The van der Waals surface area contributed by atoms with Crippen molar-refractivity contribution < 1.29 is 51.7 Å². The van der Waals surface area contributed by atoms with Gasteiger partial charge in [0, 0.05) is 36.7 Å². The second kappa shape index (κ2) is 16.6. The molecule has 2 amide bonds. The molecule has 2 saturated heterocycles. The van der Waals surface area contributed by atoms with Gasteiger partial charge in [-0.15, -0.1) is 0 Å². The van der Waals surface area contributed by atoms with Crippen molar-refractivity contribution >= 4 is 66.5 Å². The predicted molar refractivity (Wildman–Crippen MR) is 202 cm³/mol. The summed E-state index contributed by atoms with van der Waals surface area (Å²) in [6, 6.07) is 7.29. The highest BCUT2D eigenvalue weighted by Crippen LogP contribution is 2.58. The summed E-state index contributed by atoms with van der Waals surface area (Å²) in [4.78, 5) is 68.7. The van der Waals surface area contributed by atoms with Gasteiger partial charge in [-0.25, -0.2) is 19.5 Å². The molecule has 2 bridgehead atoms. The number of rotatable bonds is 8. The van der Waals surface area contributed by atoms with Gasteiger partial charge >= 0.3 is 13.5 Å². The number of nitrogens with one attached hydrogen (secondary N) is 3. The molecule has 5 heterocycles. The van der Waals surface area contributed by atoms with Crippen molar-refractivity contribution in [2.24, 2.45) is 11.7 Å². The molecular formula is C31H37N9O12P2S2. The first kappa shape index (κ1) is 40.5. The number of fused-ring (bicyclic) bond motifs is 4. The lowest BCUT2D eigenvalue weighted by atomic mass is 10.1. The van der Waals surface area contributed by atoms with Crippen molar-refractivity contribution in [1.82, 2.24) is 34.8 Å². The van der Waals surface area contributed by atoms with E-state index in [4.69, 9.17) is 45.1 Å². The molecule has 0 radical (unpaired) electrons. The SMILES string of the molecule is C[C@H](N)C(=O)NCc1ccccc1C(=O)Nc1nc2c(ncn2[C@@H]2O[C@@H]3COP(O)(=S)O[C@H]4C[C@H](Oc5ccncn5)C[C@@H]4COP(=O)(S)O[C@@H]2[C@@H]3O)c(=O)[nH]1. The minimum Gasteiger partial charge on any atom is -0.474 e. The van der Waals surface area contributed by atoms with Crippen LogP contribution in [0.5, 0.6) is 5.88 Å². The molecule has 1 saturated carbocycles. The fourth-order valence-corrected chi connectivity index (χ4v) is 9.49. The number of hydrogen-bond donors (Lipinski definition) is 7. The van der Waals surface area contributed by atoms with Crippen molar-refractivity contribution in [2.75, 3.05) is 18.5 Å². The number of aromatic amines is 1. The molecule has 1 aliphatic carbocycles. The Balaban J connectivity index is 1.13. The van der Waals surface area contributed by atoms with Gasteiger partial charge in [0.25, 0.3) is 11.5 Å². The van der Waals surface area contributed by atoms with Gasteiger partial charge in [0.1, 0.15) is 30.7 Å². The fraction of sp³-hybridized carbons (Fsp3) is 0.452. The number of ether oxygens (including phenoxy) is 2. The van der Waals surface area contributed by atoms with E-state index < -0.39 is 86.2 Å². The number of benzene rings is 1. The molecule has 56 heavy (non-hydrogen) atoms. The van der Waals surface area contributed by atoms with Gasteiger partial charge in [0.2, 0.25) is 17.7 Å². The minimum absolute atomic E-state index is 0.00325. The van der Waals surface area contributed by atoms with Crippen molar-refractivity contribution in [2.45, 2.75) is 69.1 Å². The highest BCUT2D eigenvalue weighted by atomic mass is 32.7. The lowest BCUT2D eigenvalue weighted by molar-refractivity contribution is -0.122. The normalized spacial score (nSPS) is 31.3. The van der Waals surface area contributed by atoms with Crippen molar-refractivity contribution in [3.8, 4) is 5.88 Å². The van der Waals surface area contributed by atoms with Crippen LogP contribution in [-0.2, 0) is 50.5 Å². The third-order valence-electron chi connectivity index (χ3n) is 9.19. The van der Waals surface area contributed by atoms with Crippen LogP contribution in [0.25, 0.3) is 11.2 Å². The zero-order chi connectivity index (χ0) is 39.8. The third-order valence-corrected chi connectivity index (χ3v) is 12.4. The number of aliphatic hydroxyl groups is 1. The summed E-state index contributed by atoms with van der Waals surface area (Å²) in [6.07, 6.45) is -2.29. The summed E-state index contributed by atoms with van der Waals surface area (Å²) in [5.41, 5.74) is 5.23. The number of imidazole rings is 1. The Morgan fingerprint density at radius 1 is 1.18 bits per heavy atom. The quantitative estimate of drug-likeness (QED) is 0.0972. The minimum atomic E-state index is -4.29. The van der Waals surface area contributed by atoms with Gasteiger partial charge in [0.05, 0.1) is 31.7 Å². The molecule has 25 heteroatoms. The molecule has 3 fully saturated rings. The summed E-state index contributed by atoms with van der Waals surface area (Å²) >= 11 is 9.52. The first-order valence-electron chi connectivity index (χ1n) is 17.1. The number of thiol groups is 1. The molecule has 300 valence electrons. The fourth-order valence-electron chi connectivity index (χ4n) is 6.48. The number of nitrogens with zero attached hydrogens (tertiary/aromatic N) is 5. The Hall–Kier alpha value is -3.70. The molecule has 7 rings (SSSR count). The van der Waals surface area contributed by atoms with Crippen LogP contribution in [0.15, 0.2) is 54.0 Å². The number of anilines is 1. The predicted octanol–water partition coefficient (Wildman–Crippen LogP) is 1.31. The van der Waals surface area contributed by atoms with Gasteiger partial charge in [-0.3, -0.25) is 33.8 Å². The van der Waals surface area contributed by atoms with E-state index >= 15 is 0 Å². The lowest BCUT2D eigenvalue weighted by Crippen LogP contribution is -2.38. The van der Waals surface area contributed by atoms with Crippen LogP contribution in [0.1, 0.15) is 41.9 Å². The number of amides is 2. The number of carbonyl (C=O) groups is 2. The maximum Gasteiger partial charge on any atom is 0.386 e. The zero-order valence-electron chi connectivity index (χ0n) is 29.3. The van der Waals surface area contributed by atoms with Gasteiger partial charge in [-0.1, -0.05) is 30.4 Å². The Morgan fingerprint density at radius 3 is 2.75 bits per heavy atom. The van der Waals surface area contributed by atoms with E-state index in [0.29, 0.717) is 17.9 Å². The maximum absolute atomic E-state index is 13.8. The largest absolute Gasteiger partial charge is 0.474 e. The summed E-state index contributed by atoms with van der Waals surface area (Å²) in [5, 5.41) is 16.6. The maximum atomic E-state index is 13.8.